The van der Waals surface area contributed by atoms with Crippen molar-refractivity contribution in [3.8, 4) is 0 Å². The number of allylic oxidation sites excluding steroid dienone is 26. The standard InChI is InChI=1S/C97H166O16P2/c1-4-7-10-13-16-19-22-25-28-31-33-35-37-39-41-43-45-47-49-51-53-55-57-60-62-65-68-71-74-77-80-83-95(100)107-86-92(98)87-109-114(103,104)110-88-93(99)89-111-115(105,106)112-91-94(113-97(102)85-82-79-76-73-70-67-64-59-30-27-24-21-18-15-12-9-6-3)90-108-96(101)84-81-78-75-72-69-66-63-61-58-56-54-52-50-48-46-44-42-40-38-36-34-32-29-26-23-20-17-14-11-8-5-2/h7,9-10,12,16-21,25-30,33-36,39-42,45,47,92-94,98-99H,4-6,8,11,13-15,22-24,31-32,37-38,43-44,46,48-91H2,1-3H3,(H,103,104)(H,105,106)/b10-7-,12-9-,19-16-,20-17-,21-18-,28-25-,29-26-,30-27-,35-33-,36-34-,41-39-,42-40-,47-45-. The summed E-state index contributed by atoms with van der Waals surface area (Å²) in [7, 11) is -9.81. The lowest BCUT2D eigenvalue weighted by molar-refractivity contribution is -0.161. The Hall–Kier alpha value is -4.83. The van der Waals surface area contributed by atoms with E-state index in [1.165, 1.54) is 154 Å². The van der Waals surface area contributed by atoms with E-state index in [4.69, 9.17) is 32.3 Å². The highest BCUT2D eigenvalue weighted by atomic mass is 31.2. The number of phosphoric acid groups is 2. The second-order valence-corrected chi connectivity index (χ2v) is 33.2. The normalized spacial score (nSPS) is 14.5. The Balaban J connectivity index is 4.52. The molecule has 5 unspecified atom stereocenters. The minimum atomic E-state index is -4.94. The van der Waals surface area contributed by atoms with E-state index in [2.05, 4.69) is 179 Å². The minimum Gasteiger partial charge on any atom is -0.463 e. The van der Waals surface area contributed by atoms with Crippen LogP contribution in [0.5, 0.6) is 0 Å². The molecule has 115 heavy (non-hydrogen) atoms. The Kier molecular flexibility index (Phi) is 84.7. The number of aliphatic hydroxyl groups excluding tert-OH is 2. The van der Waals surface area contributed by atoms with Crippen LogP contribution in [-0.4, -0.2) is 95.9 Å². The summed E-state index contributed by atoms with van der Waals surface area (Å²) < 4.78 is 61.4. The lowest BCUT2D eigenvalue weighted by atomic mass is 10.0. The number of esters is 3. The number of carbonyl (C=O) groups is 3. The summed E-state index contributed by atoms with van der Waals surface area (Å²) in [6.07, 6.45) is 113. The molecule has 16 nitrogen and oxygen atoms in total. The van der Waals surface area contributed by atoms with Gasteiger partial charge in [-0.25, -0.2) is 9.13 Å². The SMILES string of the molecule is CC/C=C\C/C=C\C/C=C\C/C=C\C/C=C\C/C=C\CCCCCCCCCCCCCCC(=O)OCC(O)COP(=O)(O)OCC(O)COP(=O)(O)OCC(COC(=O)CCCCCCCCCCCCCCCCC/C=C\C/C=C\C/C=C\C/C=C\CCCCC)OC(=O)CCCCCCCCC/C=C\C/C=C\C/C=C\CC. The number of phosphoric ester groups is 2. The molecule has 0 saturated carbocycles. The molecule has 18 heteroatoms. The molecule has 0 aromatic heterocycles. The van der Waals surface area contributed by atoms with Crippen molar-refractivity contribution in [2.75, 3.05) is 39.6 Å². The fraction of sp³-hybridized carbons (Fsp3) is 0.701. The molecule has 0 spiro atoms. The summed E-state index contributed by atoms with van der Waals surface area (Å²) in [5.41, 5.74) is 0. The number of aliphatic hydroxyl groups is 2. The Bertz CT molecular complexity index is 2720. The van der Waals surface area contributed by atoms with Crippen molar-refractivity contribution in [3.63, 3.8) is 0 Å². The van der Waals surface area contributed by atoms with Crippen LogP contribution in [0.15, 0.2) is 158 Å². The second kappa shape index (κ2) is 88.5. The molecule has 0 rings (SSSR count). The van der Waals surface area contributed by atoms with Gasteiger partial charge in [-0.05, 0) is 148 Å². The van der Waals surface area contributed by atoms with Crippen molar-refractivity contribution >= 4 is 33.6 Å². The molecule has 0 saturated heterocycles. The molecule has 4 N–H and O–H groups in total. The third kappa shape index (κ3) is 89.8. The van der Waals surface area contributed by atoms with Crippen LogP contribution in [-0.2, 0) is 55.8 Å². The molecule has 0 radical (unpaired) electrons. The first-order valence-electron chi connectivity index (χ1n) is 45.8. The Morgan fingerprint density at radius 1 is 0.252 bits per heavy atom. The molecule has 0 amide bonds. The number of ether oxygens (including phenoxy) is 3. The smallest absolute Gasteiger partial charge is 0.463 e. The van der Waals surface area contributed by atoms with Crippen LogP contribution in [0.25, 0.3) is 0 Å². The Labute approximate surface area is 701 Å². The molecule has 0 heterocycles. The maximum absolute atomic E-state index is 13.0. The zero-order chi connectivity index (χ0) is 83.6. The molecule has 5 atom stereocenters. The van der Waals surface area contributed by atoms with E-state index in [1.807, 2.05) is 0 Å². The molecule has 0 fully saturated rings. The molecule has 0 aliphatic heterocycles. The van der Waals surface area contributed by atoms with Crippen LogP contribution in [0.3, 0.4) is 0 Å². The van der Waals surface area contributed by atoms with Gasteiger partial charge in [0.25, 0.3) is 0 Å². The van der Waals surface area contributed by atoms with Crippen molar-refractivity contribution in [3.05, 3.63) is 158 Å². The first-order valence-corrected chi connectivity index (χ1v) is 48.8. The van der Waals surface area contributed by atoms with Gasteiger partial charge in [0, 0.05) is 19.3 Å². The predicted molar refractivity (Wildman–Crippen MR) is 482 cm³/mol. The Morgan fingerprint density at radius 2 is 0.461 bits per heavy atom. The van der Waals surface area contributed by atoms with Crippen LogP contribution in [0.1, 0.15) is 380 Å². The quantitative estimate of drug-likeness (QED) is 0.0146. The number of hydrogen-bond donors (Lipinski definition) is 4. The number of rotatable bonds is 86. The van der Waals surface area contributed by atoms with Crippen LogP contribution in [0.4, 0.5) is 0 Å². The molecule has 0 aliphatic rings. The van der Waals surface area contributed by atoms with Crippen molar-refractivity contribution in [2.24, 2.45) is 0 Å². The van der Waals surface area contributed by atoms with Gasteiger partial charge in [0.2, 0.25) is 0 Å². The van der Waals surface area contributed by atoms with Crippen molar-refractivity contribution in [1.82, 2.24) is 0 Å². The maximum Gasteiger partial charge on any atom is 0.472 e. The summed E-state index contributed by atoms with van der Waals surface area (Å²) in [5.74, 6) is -1.58. The summed E-state index contributed by atoms with van der Waals surface area (Å²) in [6.45, 7) is 2.46. The zero-order valence-corrected chi connectivity index (χ0v) is 74.5. The summed E-state index contributed by atoms with van der Waals surface area (Å²) in [5, 5.41) is 20.7. The average Bonchev–Trinajstić information content (AvgIpc) is 0.903. The van der Waals surface area contributed by atoms with Crippen LogP contribution < -0.4 is 0 Å². The molecule has 0 aliphatic carbocycles. The van der Waals surface area contributed by atoms with Gasteiger partial charge in [-0.15, -0.1) is 0 Å². The second-order valence-electron chi connectivity index (χ2n) is 30.3. The molecular weight excluding hydrogens is 1480 g/mol. The van der Waals surface area contributed by atoms with Crippen LogP contribution >= 0.6 is 15.6 Å². The fourth-order valence-corrected chi connectivity index (χ4v) is 13.9. The monoisotopic (exact) mass is 1650 g/mol. The molecule has 0 aromatic rings. The molecule has 0 bridgehead atoms. The van der Waals surface area contributed by atoms with Gasteiger partial charge in [-0.1, -0.05) is 371 Å². The minimum absolute atomic E-state index is 0.0914. The van der Waals surface area contributed by atoms with Gasteiger partial charge in [0.05, 0.1) is 26.4 Å². The van der Waals surface area contributed by atoms with Crippen molar-refractivity contribution in [2.45, 2.75) is 399 Å². The highest BCUT2D eigenvalue weighted by Crippen LogP contribution is 2.45. The van der Waals surface area contributed by atoms with Gasteiger partial charge in [0.15, 0.2) is 6.10 Å². The van der Waals surface area contributed by atoms with E-state index < -0.39 is 91.5 Å². The third-order valence-corrected chi connectivity index (χ3v) is 21.1. The topological polar surface area (TPSA) is 231 Å². The first-order chi connectivity index (χ1) is 56.2. The summed E-state index contributed by atoms with van der Waals surface area (Å²) in [4.78, 5) is 58.9. The van der Waals surface area contributed by atoms with Crippen molar-refractivity contribution < 1.29 is 75.8 Å². The first kappa shape index (κ1) is 110. The largest absolute Gasteiger partial charge is 0.472 e. The predicted octanol–water partition coefficient (Wildman–Crippen LogP) is 28.1. The summed E-state index contributed by atoms with van der Waals surface area (Å²) in [6, 6.07) is 0. The average molecular weight is 1650 g/mol. The van der Waals surface area contributed by atoms with E-state index in [1.54, 1.807) is 0 Å². The number of hydrogen-bond acceptors (Lipinski definition) is 14. The van der Waals surface area contributed by atoms with E-state index >= 15 is 0 Å². The molecule has 0 aromatic carbocycles. The lowest BCUT2D eigenvalue weighted by Crippen LogP contribution is -2.30. The van der Waals surface area contributed by atoms with Gasteiger partial charge < -0.3 is 34.2 Å². The van der Waals surface area contributed by atoms with E-state index in [-0.39, 0.29) is 19.3 Å². The molecule has 660 valence electrons. The van der Waals surface area contributed by atoms with Gasteiger partial charge >= 0.3 is 33.6 Å². The van der Waals surface area contributed by atoms with Crippen LogP contribution in [0.2, 0.25) is 0 Å². The Morgan fingerprint density at radius 3 is 0.730 bits per heavy atom. The third-order valence-electron chi connectivity index (χ3n) is 19.2. The number of unbranched alkanes of at least 4 members (excludes halogenated alkanes) is 37. The van der Waals surface area contributed by atoms with E-state index in [9.17, 15) is 43.5 Å². The van der Waals surface area contributed by atoms with Gasteiger partial charge in [-0.2, -0.15) is 0 Å². The molecular formula is C97H166O16P2. The summed E-state index contributed by atoms with van der Waals surface area (Å²) >= 11 is 0. The zero-order valence-electron chi connectivity index (χ0n) is 72.7. The van der Waals surface area contributed by atoms with Crippen molar-refractivity contribution in [1.29, 1.82) is 0 Å². The van der Waals surface area contributed by atoms with E-state index in [0.29, 0.717) is 19.3 Å². The maximum atomic E-state index is 13.0. The lowest BCUT2D eigenvalue weighted by Gasteiger charge is -2.21. The van der Waals surface area contributed by atoms with E-state index in [0.717, 1.165) is 167 Å². The van der Waals surface area contributed by atoms with Gasteiger partial charge in [-0.3, -0.25) is 32.5 Å². The highest BCUT2D eigenvalue weighted by molar-refractivity contribution is 7.47. The van der Waals surface area contributed by atoms with Crippen LogP contribution in [0, 0.1) is 0 Å². The number of carbonyl (C=O) groups excluding carboxylic acids is 3. The fourth-order valence-electron chi connectivity index (χ4n) is 12.3. The van der Waals surface area contributed by atoms with Gasteiger partial charge in [0.1, 0.15) is 25.4 Å². The highest BCUT2D eigenvalue weighted by Gasteiger charge is 2.29.